The number of hydrogen-bond acceptors (Lipinski definition) is 4. The van der Waals surface area contributed by atoms with E-state index in [0.717, 1.165) is 19.7 Å². The maximum atomic E-state index is 11.6. The Morgan fingerprint density at radius 3 is 2.41 bits per heavy atom. The van der Waals surface area contributed by atoms with Gasteiger partial charge >= 0.3 is 0 Å². The second-order valence-electron chi connectivity index (χ2n) is 6.73. The fourth-order valence-electron chi connectivity index (χ4n) is 3.73. The standard InChI is InChI=1S/C17H25NO3S/c1-14(15-5-7-16(8-6-15)22(2,19)20)18-11-12-21-17(13-18)9-3-4-10-17/h5-8,14H,3-4,9-13H2,1-2H3/t14-/m0/s1. The van der Waals surface area contributed by atoms with E-state index in [0.29, 0.717) is 4.90 Å². The molecule has 0 aromatic heterocycles. The lowest BCUT2D eigenvalue weighted by Gasteiger charge is -2.43. The number of benzene rings is 1. The average molecular weight is 323 g/mol. The smallest absolute Gasteiger partial charge is 0.175 e. The van der Waals surface area contributed by atoms with E-state index in [1.165, 1.54) is 37.5 Å². The van der Waals surface area contributed by atoms with E-state index in [1.54, 1.807) is 12.1 Å². The van der Waals surface area contributed by atoms with Crippen molar-refractivity contribution in [3.63, 3.8) is 0 Å². The molecular formula is C17H25NO3S. The molecule has 5 heteroatoms. The summed E-state index contributed by atoms with van der Waals surface area (Å²) in [4.78, 5) is 2.86. The summed E-state index contributed by atoms with van der Waals surface area (Å²) >= 11 is 0. The van der Waals surface area contributed by atoms with Crippen LogP contribution in [0.2, 0.25) is 0 Å². The van der Waals surface area contributed by atoms with Gasteiger partial charge in [-0.2, -0.15) is 0 Å². The monoisotopic (exact) mass is 323 g/mol. The minimum atomic E-state index is -3.12. The molecule has 1 aliphatic carbocycles. The van der Waals surface area contributed by atoms with Crippen LogP contribution in [0.3, 0.4) is 0 Å². The number of hydrogen-bond donors (Lipinski definition) is 0. The van der Waals surface area contributed by atoms with Gasteiger partial charge in [-0.1, -0.05) is 25.0 Å². The minimum Gasteiger partial charge on any atom is -0.372 e. The summed E-state index contributed by atoms with van der Waals surface area (Å²) in [6.45, 7) is 4.92. The van der Waals surface area contributed by atoms with Crippen molar-refractivity contribution in [3.05, 3.63) is 29.8 Å². The van der Waals surface area contributed by atoms with E-state index >= 15 is 0 Å². The quantitative estimate of drug-likeness (QED) is 0.858. The SMILES string of the molecule is C[C@@H](c1ccc(S(C)(=O)=O)cc1)N1CCOC2(CCCC2)C1. The summed E-state index contributed by atoms with van der Waals surface area (Å²) in [5.41, 5.74) is 1.24. The number of ether oxygens (including phenoxy) is 1. The molecule has 2 fully saturated rings. The number of nitrogens with zero attached hydrogens (tertiary/aromatic N) is 1. The topological polar surface area (TPSA) is 46.6 Å². The maximum Gasteiger partial charge on any atom is 0.175 e. The lowest BCUT2D eigenvalue weighted by Crippen LogP contribution is -2.50. The van der Waals surface area contributed by atoms with Gasteiger partial charge in [-0.25, -0.2) is 8.42 Å². The molecule has 2 aliphatic rings. The number of rotatable bonds is 3. The molecule has 1 aromatic carbocycles. The van der Waals surface area contributed by atoms with Crippen LogP contribution >= 0.6 is 0 Å². The molecule has 1 spiro atoms. The maximum absolute atomic E-state index is 11.6. The fraction of sp³-hybridized carbons (Fsp3) is 0.647. The van der Waals surface area contributed by atoms with E-state index in [4.69, 9.17) is 4.74 Å². The molecule has 3 rings (SSSR count). The van der Waals surface area contributed by atoms with Crippen LogP contribution < -0.4 is 0 Å². The summed E-state index contributed by atoms with van der Waals surface area (Å²) in [5.74, 6) is 0. The predicted octanol–water partition coefficient (Wildman–Crippen LogP) is 2.80. The molecule has 122 valence electrons. The van der Waals surface area contributed by atoms with E-state index in [-0.39, 0.29) is 11.6 Å². The van der Waals surface area contributed by atoms with E-state index in [9.17, 15) is 8.42 Å². The molecule has 0 amide bonds. The molecule has 1 aliphatic heterocycles. The molecule has 0 radical (unpaired) electrons. The van der Waals surface area contributed by atoms with E-state index < -0.39 is 9.84 Å². The first kappa shape index (κ1) is 16.0. The zero-order valence-corrected chi connectivity index (χ0v) is 14.2. The van der Waals surface area contributed by atoms with Crippen LogP contribution in [-0.4, -0.2) is 44.9 Å². The molecule has 1 aromatic rings. The van der Waals surface area contributed by atoms with Crippen molar-refractivity contribution in [2.75, 3.05) is 26.0 Å². The molecule has 1 heterocycles. The Morgan fingerprint density at radius 1 is 1.18 bits per heavy atom. The van der Waals surface area contributed by atoms with Crippen LogP contribution in [0.4, 0.5) is 0 Å². The summed E-state index contributed by atoms with van der Waals surface area (Å²) in [7, 11) is -3.12. The average Bonchev–Trinajstić information content (AvgIpc) is 2.93. The Kier molecular flexibility index (Phi) is 4.32. The molecule has 0 bridgehead atoms. The molecule has 4 nitrogen and oxygen atoms in total. The third kappa shape index (κ3) is 3.21. The summed E-state index contributed by atoms with van der Waals surface area (Å²) in [5, 5.41) is 0. The second kappa shape index (κ2) is 5.95. The first-order valence-electron chi connectivity index (χ1n) is 8.08. The van der Waals surface area contributed by atoms with Gasteiger partial charge in [0.15, 0.2) is 9.84 Å². The molecule has 0 unspecified atom stereocenters. The molecule has 1 atom stereocenters. The van der Waals surface area contributed by atoms with Gasteiger partial charge in [-0.3, -0.25) is 4.90 Å². The highest BCUT2D eigenvalue weighted by Crippen LogP contribution is 2.38. The van der Waals surface area contributed by atoms with Crippen molar-refractivity contribution in [3.8, 4) is 0 Å². The third-order valence-electron chi connectivity index (χ3n) is 5.13. The summed E-state index contributed by atoms with van der Waals surface area (Å²) < 4.78 is 29.2. The van der Waals surface area contributed by atoms with Gasteiger partial charge in [0.05, 0.1) is 17.1 Å². The van der Waals surface area contributed by atoms with Crippen molar-refractivity contribution in [2.24, 2.45) is 0 Å². The number of morpholine rings is 1. The molecule has 0 N–H and O–H groups in total. The van der Waals surface area contributed by atoms with Crippen LogP contribution in [0.1, 0.15) is 44.2 Å². The third-order valence-corrected chi connectivity index (χ3v) is 6.26. The summed E-state index contributed by atoms with van der Waals surface area (Å²) in [6, 6.07) is 7.60. The molecular weight excluding hydrogens is 298 g/mol. The van der Waals surface area contributed by atoms with Crippen molar-refractivity contribution >= 4 is 9.84 Å². The summed E-state index contributed by atoms with van der Waals surface area (Å²) in [6.07, 6.45) is 6.13. The van der Waals surface area contributed by atoms with Gasteiger partial charge in [-0.15, -0.1) is 0 Å². The zero-order valence-electron chi connectivity index (χ0n) is 13.4. The van der Waals surface area contributed by atoms with Crippen LogP contribution in [0, 0.1) is 0 Å². The lowest BCUT2D eigenvalue weighted by molar-refractivity contribution is -0.113. The van der Waals surface area contributed by atoms with Crippen molar-refractivity contribution in [1.29, 1.82) is 0 Å². The van der Waals surface area contributed by atoms with Gasteiger partial charge in [0.1, 0.15) is 0 Å². The van der Waals surface area contributed by atoms with Gasteiger partial charge in [0.2, 0.25) is 0 Å². The van der Waals surface area contributed by atoms with E-state index in [2.05, 4.69) is 11.8 Å². The van der Waals surface area contributed by atoms with Gasteiger partial charge in [0, 0.05) is 25.4 Å². The highest BCUT2D eigenvalue weighted by Gasteiger charge is 2.40. The lowest BCUT2D eigenvalue weighted by atomic mass is 9.97. The first-order valence-corrected chi connectivity index (χ1v) is 9.97. The number of sulfone groups is 1. The normalized spacial score (nSPS) is 23.7. The molecule has 1 saturated carbocycles. The first-order chi connectivity index (χ1) is 10.4. The Bertz CT molecular complexity index is 618. The second-order valence-corrected chi connectivity index (χ2v) is 8.74. The van der Waals surface area contributed by atoms with Crippen LogP contribution in [0.15, 0.2) is 29.2 Å². The van der Waals surface area contributed by atoms with Crippen LogP contribution in [0.5, 0.6) is 0 Å². The predicted molar refractivity (Wildman–Crippen MR) is 86.7 cm³/mol. The Balaban J connectivity index is 1.74. The molecule has 22 heavy (non-hydrogen) atoms. The Morgan fingerprint density at radius 2 is 1.82 bits per heavy atom. The highest BCUT2D eigenvalue weighted by molar-refractivity contribution is 7.90. The van der Waals surface area contributed by atoms with Crippen molar-refractivity contribution in [2.45, 2.75) is 49.1 Å². The van der Waals surface area contributed by atoms with Crippen molar-refractivity contribution in [1.82, 2.24) is 4.90 Å². The van der Waals surface area contributed by atoms with Gasteiger partial charge < -0.3 is 4.74 Å². The Hall–Kier alpha value is -0.910. The fourth-order valence-corrected chi connectivity index (χ4v) is 4.36. The zero-order chi connectivity index (χ0) is 15.8. The van der Waals surface area contributed by atoms with E-state index in [1.807, 2.05) is 12.1 Å². The Labute approximate surface area is 133 Å². The highest BCUT2D eigenvalue weighted by atomic mass is 32.2. The minimum absolute atomic E-state index is 0.0687. The van der Waals surface area contributed by atoms with Gasteiger partial charge in [-0.05, 0) is 37.5 Å². The molecule has 1 saturated heterocycles. The van der Waals surface area contributed by atoms with Crippen LogP contribution in [-0.2, 0) is 14.6 Å². The van der Waals surface area contributed by atoms with Gasteiger partial charge in [0.25, 0.3) is 0 Å². The van der Waals surface area contributed by atoms with Crippen LogP contribution in [0.25, 0.3) is 0 Å². The van der Waals surface area contributed by atoms with Crippen molar-refractivity contribution < 1.29 is 13.2 Å². The largest absolute Gasteiger partial charge is 0.372 e.